The molecule has 1 unspecified atom stereocenters. The number of para-hydroxylation sites is 1. The first-order chi connectivity index (χ1) is 14.4. The minimum atomic E-state index is -3.20. The van der Waals surface area contributed by atoms with Gasteiger partial charge in [-0.2, -0.15) is 13.9 Å². The summed E-state index contributed by atoms with van der Waals surface area (Å²) in [6, 6.07) is 4.79. The number of alkyl halides is 3. The fourth-order valence-corrected chi connectivity index (χ4v) is 3.60. The van der Waals surface area contributed by atoms with Crippen LogP contribution in [0.4, 0.5) is 23.2 Å². The molecular formula is C20H22F4N4O3. The van der Waals surface area contributed by atoms with Crippen molar-refractivity contribution in [2.24, 2.45) is 13.0 Å². The zero-order valence-electron chi connectivity index (χ0n) is 17.3. The predicted octanol–water partition coefficient (Wildman–Crippen LogP) is 3.18. The lowest BCUT2D eigenvalue weighted by Crippen LogP contribution is -2.33. The Kier molecular flexibility index (Phi) is 5.97. The van der Waals surface area contributed by atoms with E-state index in [-0.39, 0.29) is 17.9 Å². The Morgan fingerprint density at radius 2 is 2.03 bits per heavy atom. The maximum absolute atomic E-state index is 14.1. The van der Waals surface area contributed by atoms with Crippen molar-refractivity contribution in [2.45, 2.75) is 32.0 Å². The van der Waals surface area contributed by atoms with Crippen molar-refractivity contribution >= 4 is 17.5 Å². The van der Waals surface area contributed by atoms with Crippen LogP contribution in [0.1, 0.15) is 31.2 Å². The molecule has 0 bridgehead atoms. The van der Waals surface area contributed by atoms with Gasteiger partial charge in [0.25, 0.3) is 5.92 Å². The highest BCUT2D eigenvalue weighted by molar-refractivity contribution is 6.08. The molecule has 31 heavy (non-hydrogen) atoms. The average Bonchev–Trinajstić information content (AvgIpc) is 3.18. The predicted molar refractivity (Wildman–Crippen MR) is 103 cm³/mol. The Balaban J connectivity index is 1.94. The van der Waals surface area contributed by atoms with E-state index in [2.05, 4.69) is 10.4 Å². The number of halogens is 4. The van der Waals surface area contributed by atoms with Gasteiger partial charge in [-0.3, -0.25) is 14.3 Å². The number of hydrogen-bond acceptors (Lipinski definition) is 4. The van der Waals surface area contributed by atoms with Gasteiger partial charge in [0.15, 0.2) is 11.6 Å². The Labute approximate surface area is 176 Å². The molecule has 1 N–H and O–H groups in total. The molecule has 2 heterocycles. The molecule has 1 aliphatic rings. The number of aromatic nitrogens is 2. The van der Waals surface area contributed by atoms with Gasteiger partial charge in [-0.25, -0.2) is 8.78 Å². The van der Waals surface area contributed by atoms with Crippen LogP contribution in [0, 0.1) is 11.7 Å². The van der Waals surface area contributed by atoms with Crippen LogP contribution in [0.25, 0.3) is 0 Å². The van der Waals surface area contributed by atoms with Crippen LogP contribution in [-0.4, -0.2) is 46.4 Å². The zero-order valence-corrected chi connectivity index (χ0v) is 17.3. The highest BCUT2D eigenvalue weighted by atomic mass is 19.3. The highest BCUT2D eigenvalue weighted by Gasteiger charge is 2.46. The van der Waals surface area contributed by atoms with Crippen molar-refractivity contribution < 1.29 is 31.9 Å². The number of rotatable bonds is 6. The number of aryl methyl sites for hydroxylation is 1. The molecule has 1 aromatic heterocycles. The van der Waals surface area contributed by atoms with E-state index in [1.54, 1.807) is 0 Å². The van der Waals surface area contributed by atoms with E-state index >= 15 is 0 Å². The summed E-state index contributed by atoms with van der Waals surface area (Å²) in [4.78, 5) is 27.0. The molecule has 0 spiro atoms. The van der Waals surface area contributed by atoms with Gasteiger partial charge in [-0.15, -0.1) is 0 Å². The quantitative estimate of drug-likeness (QED) is 0.551. The summed E-state index contributed by atoms with van der Waals surface area (Å²) in [5.41, 5.74) is -0.354. The molecule has 168 valence electrons. The molecule has 1 aliphatic heterocycles. The number of likely N-dealkylation sites (N-methyl/N-ethyl adjacent to an activating group) is 1. The number of amides is 2. The topological polar surface area (TPSA) is 76.5 Å². The van der Waals surface area contributed by atoms with E-state index < -0.39 is 53.2 Å². The molecule has 0 saturated carbocycles. The van der Waals surface area contributed by atoms with Crippen molar-refractivity contribution in [3.63, 3.8) is 0 Å². The minimum absolute atomic E-state index is 0.0964. The van der Waals surface area contributed by atoms with Gasteiger partial charge < -0.3 is 15.0 Å². The molecular weight excluding hydrogens is 420 g/mol. The SMILES string of the molecule is CC(F)Oc1c(F)cccc1NC(=O)[C@H]1C(=O)N(C)C[C@@H]1c1cc(C(C)(F)F)nn1C. The van der Waals surface area contributed by atoms with Crippen LogP contribution >= 0.6 is 0 Å². The summed E-state index contributed by atoms with van der Waals surface area (Å²) >= 11 is 0. The number of nitrogens with one attached hydrogen (secondary N) is 1. The normalized spacial score (nSPS) is 20.1. The summed E-state index contributed by atoms with van der Waals surface area (Å²) in [6.45, 7) is 1.85. The lowest BCUT2D eigenvalue weighted by Gasteiger charge is -2.18. The van der Waals surface area contributed by atoms with Crippen LogP contribution < -0.4 is 10.1 Å². The van der Waals surface area contributed by atoms with Crippen molar-refractivity contribution in [3.05, 3.63) is 41.5 Å². The molecule has 0 radical (unpaired) electrons. The number of ether oxygens (including phenoxy) is 1. The summed E-state index contributed by atoms with van der Waals surface area (Å²) in [7, 11) is 2.93. The monoisotopic (exact) mass is 442 g/mol. The Bertz CT molecular complexity index is 1000. The maximum atomic E-state index is 14.1. The van der Waals surface area contributed by atoms with Gasteiger partial charge in [0.1, 0.15) is 11.6 Å². The molecule has 3 atom stereocenters. The fourth-order valence-electron chi connectivity index (χ4n) is 3.60. The second-order valence-corrected chi connectivity index (χ2v) is 7.54. The van der Waals surface area contributed by atoms with Crippen molar-refractivity contribution in [2.75, 3.05) is 18.9 Å². The van der Waals surface area contributed by atoms with Crippen LogP contribution in [-0.2, 0) is 22.6 Å². The molecule has 7 nitrogen and oxygen atoms in total. The van der Waals surface area contributed by atoms with E-state index in [0.29, 0.717) is 6.92 Å². The molecule has 1 saturated heterocycles. The third-order valence-corrected chi connectivity index (χ3v) is 5.05. The summed E-state index contributed by atoms with van der Waals surface area (Å²) in [5, 5.41) is 6.22. The number of benzene rings is 1. The summed E-state index contributed by atoms with van der Waals surface area (Å²) < 4.78 is 60.8. The van der Waals surface area contributed by atoms with Gasteiger partial charge in [-0.1, -0.05) is 6.07 Å². The number of hydrogen-bond donors (Lipinski definition) is 1. The minimum Gasteiger partial charge on any atom is -0.455 e. The summed E-state index contributed by atoms with van der Waals surface area (Å²) in [5.74, 6) is -7.98. The number of likely N-dealkylation sites (tertiary alicyclic amines) is 1. The van der Waals surface area contributed by atoms with Crippen LogP contribution in [0.3, 0.4) is 0 Å². The van der Waals surface area contributed by atoms with E-state index in [1.807, 2.05) is 0 Å². The van der Waals surface area contributed by atoms with Gasteiger partial charge >= 0.3 is 0 Å². The van der Waals surface area contributed by atoms with E-state index in [0.717, 1.165) is 13.0 Å². The van der Waals surface area contributed by atoms with Crippen LogP contribution in [0.5, 0.6) is 5.75 Å². The van der Waals surface area contributed by atoms with Crippen molar-refractivity contribution in [3.8, 4) is 5.75 Å². The van der Waals surface area contributed by atoms with Crippen LogP contribution in [0.2, 0.25) is 0 Å². The number of anilines is 1. The Morgan fingerprint density at radius 1 is 1.35 bits per heavy atom. The molecule has 2 amide bonds. The molecule has 1 aromatic carbocycles. The maximum Gasteiger partial charge on any atom is 0.288 e. The van der Waals surface area contributed by atoms with Gasteiger partial charge in [0, 0.05) is 46.1 Å². The molecule has 3 rings (SSSR count). The number of carbonyl (C=O) groups excluding carboxylic acids is 2. The van der Waals surface area contributed by atoms with Crippen LogP contribution in [0.15, 0.2) is 24.3 Å². The second kappa shape index (κ2) is 8.20. The molecule has 1 fully saturated rings. The van der Waals surface area contributed by atoms with E-state index in [9.17, 15) is 27.2 Å². The first-order valence-corrected chi connectivity index (χ1v) is 9.47. The van der Waals surface area contributed by atoms with E-state index in [1.165, 1.54) is 41.9 Å². The molecule has 11 heteroatoms. The zero-order chi connectivity index (χ0) is 23.1. The largest absolute Gasteiger partial charge is 0.455 e. The van der Waals surface area contributed by atoms with Crippen molar-refractivity contribution in [1.29, 1.82) is 0 Å². The number of nitrogens with zero attached hydrogens (tertiary/aromatic N) is 3. The Hall–Kier alpha value is -3.11. The second-order valence-electron chi connectivity index (χ2n) is 7.54. The van der Waals surface area contributed by atoms with E-state index in [4.69, 9.17) is 4.74 Å². The standard InChI is InChI=1S/C20H22F4N4O3/c1-10(21)31-17-12(22)6-5-7-13(17)25-18(29)16-11(9-27(3)19(16)30)14-8-15(20(2,23)24)26-28(14)4/h5-8,10-11,16H,9H2,1-4H3,(H,25,29)/t10?,11-,16+/m1/s1. The highest BCUT2D eigenvalue weighted by Crippen LogP contribution is 2.37. The van der Waals surface area contributed by atoms with Gasteiger partial charge in [0.2, 0.25) is 18.2 Å². The molecule has 2 aromatic rings. The third kappa shape index (κ3) is 4.49. The lowest BCUT2D eigenvalue weighted by molar-refractivity contribution is -0.135. The van der Waals surface area contributed by atoms with Gasteiger partial charge in [-0.05, 0) is 18.2 Å². The lowest BCUT2D eigenvalue weighted by atomic mass is 9.91. The smallest absolute Gasteiger partial charge is 0.288 e. The van der Waals surface area contributed by atoms with Gasteiger partial charge in [0.05, 0.1) is 5.69 Å². The van der Waals surface area contributed by atoms with Crippen molar-refractivity contribution in [1.82, 2.24) is 14.7 Å². The first kappa shape index (κ1) is 22.6. The Morgan fingerprint density at radius 3 is 2.61 bits per heavy atom. The number of carbonyl (C=O) groups is 2. The molecule has 0 aliphatic carbocycles. The average molecular weight is 442 g/mol. The third-order valence-electron chi connectivity index (χ3n) is 5.05. The summed E-state index contributed by atoms with van der Waals surface area (Å²) in [6.07, 6.45) is -1.84. The fraction of sp³-hybridized carbons (Fsp3) is 0.450. The first-order valence-electron chi connectivity index (χ1n) is 9.47.